The minimum absolute atomic E-state index is 0.0314. The van der Waals surface area contributed by atoms with Gasteiger partial charge in [-0.2, -0.15) is 5.26 Å². The summed E-state index contributed by atoms with van der Waals surface area (Å²) in [6, 6.07) is 24.1. The molecule has 3 aromatic rings. The van der Waals surface area contributed by atoms with E-state index in [-0.39, 0.29) is 5.69 Å². The molecule has 0 heterocycles. The molecule has 0 atom stereocenters. The second-order valence-corrected chi connectivity index (χ2v) is 5.49. The molecule has 1 N–H and O–H groups in total. The molecule has 0 fully saturated rings. The van der Waals surface area contributed by atoms with Gasteiger partial charge in [-0.3, -0.25) is 10.1 Å². The van der Waals surface area contributed by atoms with E-state index in [1.807, 2.05) is 48.5 Å². The number of hydrogen-bond donors (Lipinski definition) is 1. The molecule has 0 aliphatic rings. The maximum absolute atomic E-state index is 11.1. The van der Waals surface area contributed by atoms with Crippen molar-refractivity contribution in [3.63, 3.8) is 0 Å². The average molecular weight is 329 g/mol. The average Bonchev–Trinajstić information content (AvgIpc) is 2.67. The Morgan fingerprint density at radius 2 is 1.72 bits per heavy atom. The van der Waals surface area contributed by atoms with Crippen LogP contribution in [0.25, 0.3) is 11.1 Å². The zero-order valence-electron chi connectivity index (χ0n) is 13.3. The molecule has 0 radical (unpaired) electrons. The molecule has 0 spiro atoms. The van der Waals surface area contributed by atoms with E-state index >= 15 is 0 Å². The van der Waals surface area contributed by atoms with Crippen molar-refractivity contribution >= 4 is 11.4 Å². The van der Waals surface area contributed by atoms with Gasteiger partial charge in [0.2, 0.25) is 0 Å². The number of nitriles is 1. The normalized spacial score (nSPS) is 10.0. The zero-order chi connectivity index (χ0) is 17.6. The van der Waals surface area contributed by atoms with Gasteiger partial charge in [0.15, 0.2) is 0 Å². The molecule has 122 valence electrons. The summed E-state index contributed by atoms with van der Waals surface area (Å²) >= 11 is 0. The lowest BCUT2D eigenvalue weighted by atomic mass is 9.98. The van der Waals surface area contributed by atoms with Crippen LogP contribution in [0.5, 0.6) is 0 Å². The molecular weight excluding hydrogens is 314 g/mol. The van der Waals surface area contributed by atoms with Gasteiger partial charge < -0.3 is 5.32 Å². The molecule has 0 aromatic heterocycles. The van der Waals surface area contributed by atoms with Crippen molar-refractivity contribution in [2.45, 2.75) is 6.54 Å². The van der Waals surface area contributed by atoms with Gasteiger partial charge in [0.05, 0.1) is 16.6 Å². The van der Waals surface area contributed by atoms with Crippen molar-refractivity contribution in [2.24, 2.45) is 0 Å². The lowest BCUT2D eigenvalue weighted by Gasteiger charge is -2.10. The highest BCUT2D eigenvalue weighted by atomic mass is 16.6. The first-order chi connectivity index (χ1) is 12.2. The first-order valence-electron chi connectivity index (χ1n) is 7.75. The molecule has 0 saturated heterocycles. The van der Waals surface area contributed by atoms with Gasteiger partial charge >= 0.3 is 0 Å². The number of nitrogens with zero attached hydrogens (tertiary/aromatic N) is 2. The summed E-state index contributed by atoms with van der Waals surface area (Å²) in [5, 5.41) is 23.6. The first kappa shape index (κ1) is 16.2. The molecule has 3 rings (SSSR count). The van der Waals surface area contributed by atoms with Gasteiger partial charge in [0, 0.05) is 12.6 Å². The third-order valence-corrected chi connectivity index (χ3v) is 3.87. The smallest absolute Gasteiger partial charge is 0.292 e. The van der Waals surface area contributed by atoms with Crippen LogP contribution in [0.1, 0.15) is 11.1 Å². The van der Waals surface area contributed by atoms with Crippen LogP contribution >= 0.6 is 0 Å². The predicted octanol–water partition coefficient (Wildman–Crippen LogP) is 4.75. The number of para-hydroxylation sites is 2. The van der Waals surface area contributed by atoms with Crippen LogP contribution in [0.15, 0.2) is 72.8 Å². The molecule has 0 aliphatic carbocycles. The standard InChI is InChI=1S/C20H15N3O2/c21-13-17-12-15(10-11-18(17)16-6-2-1-3-7-16)14-22-19-8-4-5-9-20(19)23(24)25/h1-12,22H,14H2. The Labute approximate surface area is 145 Å². The van der Waals surface area contributed by atoms with Gasteiger partial charge in [0.1, 0.15) is 5.69 Å². The fraction of sp³-hybridized carbons (Fsp3) is 0.0500. The number of anilines is 1. The third-order valence-electron chi connectivity index (χ3n) is 3.87. The molecule has 0 bridgehead atoms. The lowest BCUT2D eigenvalue weighted by Crippen LogP contribution is -2.03. The highest BCUT2D eigenvalue weighted by Gasteiger charge is 2.12. The molecule has 5 nitrogen and oxygen atoms in total. The predicted molar refractivity (Wildman–Crippen MR) is 97.0 cm³/mol. The van der Waals surface area contributed by atoms with E-state index in [0.717, 1.165) is 16.7 Å². The van der Waals surface area contributed by atoms with E-state index in [1.54, 1.807) is 18.2 Å². The molecular formula is C20H15N3O2. The summed E-state index contributed by atoms with van der Waals surface area (Å²) in [6.07, 6.45) is 0. The van der Waals surface area contributed by atoms with Crippen molar-refractivity contribution in [3.05, 3.63) is 94.0 Å². The van der Waals surface area contributed by atoms with Crippen molar-refractivity contribution in [1.82, 2.24) is 0 Å². The largest absolute Gasteiger partial charge is 0.375 e. The maximum Gasteiger partial charge on any atom is 0.292 e. The van der Waals surface area contributed by atoms with Crippen LogP contribution in [-0.2, 0) is 6.54 Å². The van der Waals surface area contributed by atoms with Crippen molar-refractivity contribution in [3.8, 4) is 17.2 Å². The molecule has 0 aliphatic heterocycles. The van der Waals surface area contributed by atoms with E-state index in [1.165, 1.54) is 6.07 Å². The molecule has 3 aromatic carbocycles. The Hall–Kier alpha value is -3.65. The van der Waals surface area contributed by atoms with E-state index in [4.69, 9.17) is 0 Å². The zero-order valence-corrected chi connectivity index (χ0v) is 13.3. The van der Waals surface area contributed by atoms with E-state index in [9.17, 15) is 15.4 Å². The monoisotopic (exact) mass is 329 g/mol. The number of benzene rings is 3. The minimum Gasteiger partial charge on any atom is -0.375 e. The Bertz CT molecular complexity index is 947. The van der Waals surface area contributed by atoms with E-state index in [0.29, 0.717) is 17.8 Å². The van der Waals surface area contributed by atoms with Crippen LogP contribution in [0.4, 0.5) is 11.4 Å². The Kier molecular flexibility index (Phi) is 4.72. The van der Waals surface area contributed by atoms with E-state index < -0.39 is 4.92 Å². The van der Waals surface area contributed by atoms with Crippen LogP contribution in [0.3, 0.4) is 0 Å². The fourth-order valence-electron chi connectivity index (χ4n) is 2.64. The van der Waals surface area contributed by atoms with Gasteiger partial charge in [-0.05, 0) is 28.8 Å². The molecule has 0 amide bonds. The summed E-state index contributed by atoms with van der Waals surface area (Å²) < 4.78 is 0. The Morgan fingerprint density at radius 3 is 2.44 bits per heavy atom. The highest BCUT2D eigenvalue weighted by Crippen LogP contribution is 2.26. The molecule has 25 heavy (non-hydrogen) atoms. The van der Waals surface area contributed by atoms with Gasteiger partial charge in [-0.1, -0.05) is 54.6 Å². The lowest BCUT2D eigenvalue weighted by molar-refractivity contribution is -0.384. The Morgan fingerprint density at radius 1 is 1.00 bits per heavy atom. The number of rotatable bonds is 5. The summed E-state index contributed by atoms with van der Waals surface area (Å²) in [5.41, 5.74) is 3.80. The van der Waals surface area contributed by atoms with Gasteiger partial charge in [-0.25, -0.2) is 0 Å². The van der Waals surface area contributed by atoms with Gasteiger partial charge in [0.25, 0.3) is 5.69 Å². The number of nitro groups is 1. The second-order valence-electron chi connectivity index (χ2n) is 5.49. The quantitative estimate of drug-likeness (QED) is 0.541. The molecule has 0 saturated carbocycles. The second kappa shape index (κ2) is 7.28. The van der Waals surface area contributed by atoms with Crippen molar-refractivity contribution in [2.75, 3.05) is 5.32 Å². The highest BCUT2D eigenvalue weighted by molar-refractivity contribution is 5.71. The third kappa shape index (κ3) is 3.65. The van der Waals surface area contributed by atoms with E-state index in [2.05, 4.69) is 11.4 Å². The number of hydrogen-bond acceptors (Lipinski definition) is 4. The maximum atomic E-state index is 11.1. The van der Waals surface area contributed by atoms with Crippen LogP contribution < -0.4 is 5.32 Å². The first-order valence-corrected chi connectivity index (χ1v) is 7.75. The summed E-state index contributed by atoms with van der Waals surface area (Å²) in [6.45, 7) is 0.397. The Balaban J connectivity index is 1.83. The molecule has 5 heteroatoms. The minimum atomic E-state index is -0.415. The number of nitrogens with one attached hydrogen (secondary N) is 1. The SMILES string of the molecule is N#Cc1cc(CNc2ccccc2[N+](=O)[O-])ccc1-c1ccccc1. The van der Waals surface area contributed by atoms with Crippen molar-refractivity contribution in [1.29, 1.82) is 5.26 Å². The number of nitro benzene ring substituents is 1. The summed E-state index contributed by atoms with van der Waals surface area (Å²) in [7, 11) is 0. The molecule has 0 unspecified atom stereocenters. The summed E-state index contributed by atoms with van der Waals surface area (Å²) in [5.74, 6) is 0. The van der Waals surface area contributed by atoms with Crippen LogP contribution in [0, 0.1) is 21.4 Å². The van der Waals surface area contributed by atoms with Gasteiger partial charge in [-0.15, -0.1) is 0 Å². The fourth-order valence-corrected chi connectivity index (χ4v) is 2.64. The van der Waals surface area contributed by atoms with Crippen LogP contribution in [0.2, 0.25) is 0 Å². The van der Waals surface area contributed by atoms with Crippen molar-refractivity contribution < 1.29 is 4.92 Å². The van der Waals surface area contributed by atoms with Crippen LogP contribution in [-0.4, -0.2) is 4.92 Å². The topological polar surface area (TPSA) is 79.0 Å². The summed E-state index contributed by atoms with van der Waals surface area (Å²) in [4.78, 5) is 10.6.